The molecule has 0 aliphatic carbocycles. The summed E-state index contributed by atoms with van der Waals surface area (Å²) in [6.45, 7) is 0. The van der Waals surface area contributed by atoms with E-state index in [2.05, 4.69) is 0 Å². The van der Waals surface area contributed by atoms with Gasteiger partial charge in [0.2, 0.25) is 0 Å². The van der Waals surface area contributed by atoms with Gasteiger partial charge in [-0.1, -0.05) is 53.5 Å². The van der Waals surface area contributed by atoms with Gasteiger partial charge in [-0.25, -0.2) is 0 Å². The average Bonchev–Trinajstić information content (AvgIpc) is 2.69. The maximum absolute atomic E-state index is 12.3. The number of amides is 1. The zero-order valence-corrected chi connectivity index (χ0v) is 12.2. The van der Waals surface area contributed by atoms with Crippen LogP contribution in [0.15, 0.2) is 42.5 Å². The number of rotatable bonds is 1. The van der Waals surface area contributed by atoms with Crippen LogP contribution in [0.5, 0.6) is 0 Å². The number of nitrogens with zero attached hydrogens (tertiary/aromatic N) is 1. The van der Waals surface area contributed by atoms with E-state index in [1.54, 1.807) is 24.1 Å². The van der Waals surface area contributed by atoms with Crippen LogP contribution in [-0.2, 0) is 4.79 Å². The third kappa shape index (κ3) is 2.01. The van der Waals surface area contributed by atoms with E-state index in [4.69, 9.17) is 23.2 Å². The molecule has 0 atom stereocenters. The lowest BCUT2D eigenvalue weighted by molar-refractivity contribution is -0.112. The normalized spacial score (nSPS) is 15.8. The smallest absolute Gasteiger partial charge is 0.258 e. The van der Waals surface area contributed by atoms with Crippen LogP contribution in [0.4, 0.5) is 5.69 Å². The molecule has 0 saturated carbocycles. The molecule has 2 nitrogen and oxygen atoms in total. The lowest BCUT2D eigenvalue weighted by atomic mass is 10.0. The Kier molecular flexibility index (Phi) is 3.28. The molecular weight excluding hydrogens is 293 g/mol. The molecule has 0 N–H and O–H groups in total. The van der Waals surface area contributed by atoms with Crippen molar-refractivity contribution in [2.75, 3.05) is 11.9 Å². The van der Waals surface area contributed by atoms with Crippen molar-refractivity contribution in [3.8, 4) is 0 Å². The summed E-state index contributed by atoms with van der Waals surface area (Å²) in [7, 11) is 1.77. The largest absolute Gasteiger partial charge is 0.311 e. The van der Waals surface area contributed by atoms with Crippen LogP contribution < -0.4 is 4.90 Å². The highest BCUT2D eigenvalue weighted by molar-refractivity contribution is 6.43. The molecule has 0 unspecified atom stereocenters. The van der Waals surface area contributed by atoms with Gasteiger partial charge < -0.3 is 4.90 Å². The quantitative estimate of drug-likeness (QED) is 0.710. The van der Waals surface area contributed by atoms with Crippen molar-refractivity contribution < 1.29 is 4.79 Å². The van der Waals surface area contributed by atoms with Crippen molar-refractivity contribution in [3.05, 3.63) is 63.6 Å². The molecule has 1 heterocycles. The molecule has 1 aliphatic rings. The summed E-state index contributed by atoms with van der Waals surface area (Å²) < 4.78 is 0. The van der Waals surface area contributed by atoms with Gasteiger partial charge in [0, 0.05) is 18.2 Å². The number of halogens is 2. The van der Waals surface area contributed by atoms with Gasteiger partial charge in [0.1, 0.15) is 0 Å². The lowest BCUT2D eigenvalue weighted by Gasteiger charge is -2.08. The van der Waals surface area contributed by atoms with Gasteiger partial charge in [-0.15, -0.1) is 0 Å². The number of likely N-dealkylation sites (N-methyl/N-ethyl adjacent to an activating group) is 1. The van der Waals surface area contributed by atoms with Crippen molar-refractivity contribution in [2.45, 2.75) is 0 Å². The van der Waals surface area contributed by atoms with E-state index in [1.165, 1.54) is 0 Å². The van der Waals surface area contributed by atoms with Crippen molar-refractivity contribution in [1.82, 2.24) is 0 Å². The molecule has 2 aromatic carbocycles. The van der Waals surface area contributed by atoms with E-state index in [-0.39, 0.29) is 5.91 Å². The fourth-order valence-electron chi connectivity index (χ4n) is 2.33. The molecule has 3 rings (SSSR count). The zero-order valence-electron chi connectivity index (χ0n) is 10.7. The number of carbonyl (C=O) groups excluding carboxylic acids is 1. The Hall–Kier alpha value is -1.77. The number of carbonyl (C=O) groups is 1. The van der Waals surface area contributed by atoms with Gasteiger partial charge in [0.15, 0.2) is 0 Å². The number of hydrogen-bond acceptors (Lipinski definition) is 1. The Balaban J connectivity index is 2.17. The molecule has 0 spiro atoms. The molecule has 0 saturated heterocycles. The minimum atomic E-state index is -0.0396. The molecule has 0 bridgehead atoms. The van der Waals surface area contributed by atoms with E-state index in [0.29, 0.717) is 15.6 Å². The van der Waals surface area contributed by atoms with Crippen molar-refractivity contribution in [1.29, 1.82) is 0 Å². The van der Waals surface area contributed by atoms with Crippen LogP contribution in [0.1, 0.15) is 11.1 Å². The Morgan fingerprint density at radius 3 is 2.60 bits per heavy atom. The number of anilines is 1. The molecule has 100 valence electrons. The van der Waals surface area contributed by atoms with Gasteiger partial charge in [-0.05, 0) is 23.8 Å². The second kappa shape index (κ2) is 4.97. The third-order valence-electron chi connectivity index (χ3n) is 3.37. The summed E-state index contributed by atoms with van der Waals surface area (Å²) in [4.78, 5) is 14.0. The van der Waals surface area contributed by atoms with Gasteiger partial charge in [-0.2, -0.15) is 0 Å². The molecule has 20 heavy (non-hydrogen) atoms. The van der Waals surface area contributed by atoms with Crippen LogP contribution in [0.2, 0.25) is 10.0 Å². The fraction of sp³-hybridized carbons (Fsp3) is 0.0625. The van der Waals surface area contributed by atoms with E-state index in [9.17, 15) is 4.79 Å². The van der Waals surface area contributed by atoms with Crippen LogP contribution in [0.3, 0.4) is 0 Å². The summed E-state index contributed by atoms with van der Waals surface area (Å²) in [6, 6.07) is 13.1. The second-order valence-corrected chi connectivity index (χ2v) is 5.37. The summed E-state index contributed by atoms with van der Waals surface area (Å²) in [5, 5.41) is 0.939. The monoisotopic (exact) mass is 303 g/mol. The topological polar surface area (TPSA) is 20.3 Å². The summed E-state index contributed by atoms with van der Waals surface area (Å²) in [5.74, 6) is -0.0396. The van der Waals surface area contributed by atoms with Gasteiger partial charge in [0.05, 0.1) is 15.7 Å². The summed E-state index contributed by atoms with van der Waals surface area (Å²) in [6.07, 6.45) is 1.79. The second-order valence-electron chi connectivity index (χ2n) is 4.58. The van der Waals surface area contributed by atoms with Gasteiger partial charge in [-0.3, -0.25) is 4.79 Å². The van der Waals surface area contributed by atoms with Gasteiger partial charge >= 0.3 is 0 Å². The molecule has 4 heteroatoms. The van der Waals surface area contributed by atoms with Crippen molar-refractivity contribution >= 4 is 46.4 Å². The number of para-hydroxylation sites is 1. The molecule has 0 radical (unpaired) electrons. The molecule has 1 amide bonds. The van der Waals surface area contributed by atoms with Gasteiger partial charge in [0.25, 0.3) is 5.91 Å². The van der Waals surface area contributed by atoms with Crippen LogP contribution in [0, 0.1) is 0 Å². The Bertz CT molecular complexity index is 737. The highest BCUT2D eigenvalue weighted by Crippen LogP contribution is 2.38. The molecule has 2 aromatic rings. The van der Waals surface area contributed by atoms with Crippen LogP contribution in [0.25, 0.3) is 11.6 Å². The molecule has 0 aromatic heterocycles. The minimum absolute atomic E-state index is 0.0396. The maximum atomic E-state index is 12.3. The lowest BCUT2D eigenvalue weighted by Crippen LogP contribution is -2.20. The first-order valence-electron chi connectivity index (χ1n) is 6.13. The number of hydrogen-bond donors (Lipinski definition) is 0. The standard InChI is InChI=1S/C16H11Cl2NO/c1-19-14-8-3-2-6-11(14)12(16(19)20)9-10-5-4-7-13(17)15(10)18/h2-9H,1H3. The average molecular weight is 304 g/mol. The first kappa shape index (κ1) is 13.2. The maximum Gasteiger partial charge on any atom is 0.258 e. The highest BCUT2D eigenvalue weighted by Gasteiger charge is 2.29. The highest BCUT2D eigenvalue weighted by atomic mass is 35.5. The number of fused-ring (bicyclic) bond motifs is 1. The first-order chi connectivity index (χ1) is 9.59. The third-order valence-corrected chi connectivity index (χ3v) is 4.21. The predicted octanol–water partition coefficient (Wildman–Crippen LogP) is 4.51. The molecule has 0 fully saturated rings. The first-order valence-corrected chi connectivity index (χ1v) is 6.88. The Morgan fingerprint density at radius 2 is 1.80 bits per heavy atom. The van der Waals surface area contributed by atoms with Crippen molar-refractivity contribution in [3.63, 3.8) is 0 Å². The zero-order chi connectivity index (χ0) is 14.3. The Morgan fingerprint density at radius 1 is 1.05 bits per heavy atom. The van der Waals surface area contributed by atoms with Crippen molar-refractivity contribution in [2.24, 2.45) is 0 Å². The number of benzene rings is 2. The fourth-order valence-corrected chi connectivity index (χ4v) is 2.69. The van der Waals surface area contributed by atoms with Crippen LogP contribution >= 0.6 is 23.2 Å². The minimum Gasteiger partial charge on any atom is -0.311 e. The molecule has 1 aliphatic heterocycles. The predicted molar refractivity (Wildman–Crippen MR) is 84.2 cm³/mol. The van der Waals surface area contributed by atoms with E-state index >= 15 is 0 Å². The molecular formula is C16H11Cl2NO. The van der Waals surface area contributed by atoms with Crippen LogP contribution in [-0.4, -0.2) is 13.0 Å². The van der Waals surface area contributed by atoms with E-state index < -0.39 is 0 Å². The SMILES string of the molecule is CN1C(=O)C(=Cc2cccc(Cl)c2Cl)c2ccccc21. The summed E-state index contributed by atoms with van der Waals surface area (Å²) in [5.41, 5.74) is 3.19. The Labute approximate surface area is 127 Å². The van der Waals surface area contributed by atoms with E-state index in [0.717, 1.165) is 16.8 Å². The van der Waals surface area contributed by atoms with E-state index in [1.807, 2.05) is 36.4 Å². The summed E-state index contributed by atoms with van der Waals surface area (Å²) >= 11 is 12.2.